The molecule has 0 aromatic rings. The van der Waals surface area contributed by atoms with Gasteiger partial charge >= 0.3 is 11.9 Å². The molecule has 0 aromatic carbocycles. The lowest BCUT2D eigenvalue weighted by atomic mass is 9.72. The molecule has 0 aromatic heterocycles. The molecule has 136 valence electrons. The van der Waals surface area contributed by atoms with Crippen molar-refractivity contribution in [1.82, 2.24) is 0 Å². The molecule has 0 rings (SSSR count). The maximum Gasteiger partial charge on any atom is 0.319 e. The van der Waals surface area contributed by atoms with Crippen molar-refractivity contribution in [2.45, 2.75) is 94.9 Å². The van der Waals surface area contributed by atoms with Crippen molar-refractivity contribution in [3.63, 3.8) is 0 Å². The molecule has 0 spiro atoms. The van der Waals surface area contributed by atoms with Crippen molar-refractivity contribution in [2.75, 3.05) is 0 Å². The zero-order valence-corrected chi connectivity index (χ0v) is 17.1. The van der Waals surface area contributed by atoms with E-state index in [0.717, 1.165) is 6.42 Å². The molecular weight excluding hydrogens is 288 g/mol. The van der Waals surface area contributed by atoms with Crippen molar-refractivity contribution in [1.29, 1.82) is 0 Å². The topological polar surface area (TPSA) is 43.4 Å². The van der Waals surface area contributed by atoms with Gasteiger partial charge in [0.1, 0.15) is 0 Å². The van der Waals surface area contributed by atoms with Crippen molar-refractivity contribution >= 4 is 11.9 Å². The van der Waals surface area contributed by atoms with E-state index in [1.807, 2.05) is 27.7 Å². The minimum Gasteiger partial charge on any atom is -0.392 e. The zero-order valence-electron chi connectivity index (χ0n) is 17.1. The summed E-state index contributed by atoms with van der Waals surface area (Å²) < 4.78 is 5.33. The predicted molar refractivity (Wildman–Crippen MR) is 96.0 cm³/mol. The second-order valence-electron chi connectivity index (χ2n) is 9.91. The standard InChI is InChI=1S/C20H38O3/c1-11-18(6,7)14-19(8,9)15(21)23-16(22)20(10,12-2)13-17(3,4)5/h11-14H2,1-10H3. The van der Waals surface area contributed by atoms with Crippen LogP contribution in [-0.2, 0) is 14.3 Å². The Kier molecular flexibility index (Phi) is 7.08. The largest absolute Gasteiger partial charge is 0.392 e. The van der Waals surface area contributed by atoms with Crippen LogP contribution in [0.25, 0.3) is 0 Å². The van der Waals surface area contributed by atoms with E-state index in [4.69, 9.17) is 4.74 Å². The summed E-state index contributed by atoms with van der Waals surface area (Å²) in [5.74, 6) is -0.792. The fourth-order valence-corrected chi connectivity index (χ4v) is 3.25. The van der Waals surface area contributed by atoms with Gasteiger partial charge in [-0.3, -0.25) is 9.59 Å². The lowest BCUT2D eigenvalue weighted by Gasteiger charge is -2.35. The van der Waals surface area contributed by atoms with Crippen molar-refractivity contribution in [3.05, 3.63) is 0 Å². The monoisotopic (exact) mass is 326 g/mol. The van der Waals surface area contributed by atoms with Gasteiger partial charge in [0, 0.05) is 0 Å². The average molecular weight is 327 g/mol. The first-order valence-electron chi connectivity index (χ1n) is 8.85. The lowest BCUT2D eigenvalue weighted by molar-refractivity contribution is -0.175. The average Bonchev–Trinajstić information content (AvgIpc) is 2.35. The molecule has 0 aliphatic heterocycles. The highest BCUT2D eigenvalue weighted by Crippen LogP contribution is 2.40. The minimum absolute atomic E-state index is 0.00650. The zero-order chi connectivity index (χ0) is 18.7. The summed E-state index contributed by atoms with van der Waals surface area (Å²) in [6.07, 6.45) is 3.04. The van der Waals surface area contributed by atoms with Gasteiger partial charge in [-0.15, -0.1) is 0 Å². The minimum atomic E-state index is -0.661. The number of ether oxygens (including phenoxy) is 1. The van der Waals surface area contributed by atoms with Crippen LogP contribution >= 0.6 is 0 Å². The Morgan fingerprint density at radius 2 is 1.22 bits per heavy atom. The number of hydrogen-bond donors (Lipinski definition) is 0. The molecule has 3 heteroatoms. The number of rotatable bonds is 7. The SMILES string of the molecule is CCC(C)(C)CC(C)(C)C(=O)OC(=O)C(C)(CC)CC(C)(C)C. The summed E-state index contributed by atoms with van der Waals surface area (Å²) in [4.78, 5) is 25.2. The first-order valence-corrected chi connectivity index (χ1v) is 8.85. The maximum atomic E-state index is 12.6. The first kappa shape index (κ1) is 22.1. The van der Waals surface area contributed by atoms with E-state index in [9.17, 15) is 9.59 Å². The molecular formula is C20H38O3. The van der Waals surface area contributed by atoms with E-state index in [1.54, 1.807) is 0 Å². The lowest BCUT2D eigenvalue weighted by Crippen LogP contribution is -2.39. The van der Waals surface area contributed by atoms with Crippen LogP contribution in [0, 0.1) is 21.7 Å². The number of esters is 2. The number of hydrogen-bond acceptors (Lipinski definition) is 3. The summed E-state index contributed by atoms with van der Waals surface area (Å²) in [5, 5.41) is 0. The third-order valence-corrected chi connectivity index (χ3v) is 4.81. The molecule has 0 bridgehead atoms. The van der Waals surface area contributed by atoms with Crippen molar-refractivity contribution < 1.29 is 14.3 Å². The van der Waals surface area contributed by atoms with E-state index >= 15 is 0 Å². The van der Waals surface area contributed by atoms with Crippen LogP contribution < -0.4 is 0 Å². The van der Waals surface area contributed by atoms with Crippen LogP contribution in [0.1, 0.15) is 94.9 Å². The second-order valence-corrected chi connectivity index (χ2v) is 9.91. The van der Waals surface area contributed by atoms with Crippen LogP contribution in [0.15, 0.2) is 0 Å². The smallest absolute Gasteiger partial charge is 0.319 e. The highest BCUT2D eigenvalue weighted by molar-refractivity contribution is 5.91. The molecule has 0 saturated heterocycles. The fraction of sp³-hybridized carbons (Fsp3) is 0.900. The van der Waals surface area contributed by atoms with Crippen LogP contribution in [0.5, 0.6) is 0 Å². The van der Waals surface area contributed by atoms with Gasteiger partial charge in [-0.1, -0.05) is 54.9 Å². The summed E-state index contributed by atoms with van der Waals surface area (Å²) >= 11 is 0. The van der Waals surface area contributed by atoms with Crippen molar-refractivity contribution in [2.24, 2.45) is 21.7 Å². The van der Waals surface area contributed by atoms with Gasteiger partial charge in [-0.05, 0) is 50.9 Å². The van der Waals surface area contributed by atoms with Gasteiger partial charge in [0.2, 0.25) is 0 Å². The molecule has 3 nitrogen and oxygen atoms in total. The van der Waals surface area contributed by atoms with E-state index in [-0.39, 0.29) is 16.8 Å². The summed E-state index contributed by atoms with van der Waals surface area (Å²) in [6, 6.07) is 0. The first-order chi connectivity index (χ1) is 10.1. The Hall–Kier alpha value is -0.860. The normalized spacial score (nSPS) is 15.9. The van der Waals surface area contributed by atoms with Gasteiger partial charge in [-0.2, -0.15) is 0 Å². The van der Waals surface area contributed by atoms with E-state index in [0.29, 0.717) is 19.3 Å². The Morgan fingerprint density at radius 3 is 1.57 bits per heavy atom. The highest BCUT2D eigenvalue weighted by Gasteiger charge is 2.42. The van der Waals surface area contributed by atoms with Crippen molar-refractivity contribution in [3.8, 4) is 0 Å². The summed E-state index contributed by atoms with van der Waals surface area (Å²) in [5.41, 5.74) is -1.23. The number of carbonyl (C=O) groups is 2. The van der Waals surface area contributed by atoms with E-state index in [2.05, 4.69) is 41.5 Å². The highest BCUT2D eigenvalue weighted by atomic mass is 16.6. The van der Waals surface area contributed by atoms with Gasteiger partial charge in [0.05, 0.1) is 10.8 Å². The molecule has 1 unspecified atom stereocenters. The van der Waals surface area contributed by atoms with Gasteiger partial charge < -0.3 is 4.74 Å². The molecule has 0 saturated carbocycles. The molecule has 23 heavy (non-hydrogen) atoms. The van der Waals surface area contributed by atoms with Gasteiger partial charge in [0.15, 0.2) is 0 Å². The molecule has 0 heterocycles. The van der Waals surface area contributed by atoms with Crippen LogP contribution in [0.4, 0.5) is 0 Å². The van der Waals surface area contributed by atoms with Gasteiger partial charge in [-0.25, -0.2) is 0 Å². The molecule has 0 fully saturated rings. The Labute approximate surface area is 143 Å². The molecule has 0 aliphatic rings. The van der Waals surface area contributed by atoms with Crippen LogP contribution in [0.3, 0.4) is 0 Å². The maximum absolute atomic E-state index is 12.6. The van der Waals surface area contributed by atoms with E-state index < -0.39 is 16.8 Å². The van der Waals surface area contributed by atoms with Crippen LogP contribution in [0.2, 0.25) is 0 Å². The molecule has 0 N–H and O–H groups in total. The predicted octanol–water partition coefficient (Wildman–Crippen LogP) is 5.76. The molecule has 1 atom stereocenters. The summed E-state index contributed by atoms with van der Waals surface area (Å²) in [6.45, 7) is 20.3. The Balaban J connectivity index is 5.10. The van der Waals surface area contributed by atoms with Gasteiger partial charge in [0.25, 0.3) is 0 Å². The third-order valence-electron chi connectivity index (χ3n) is 4.81. The Bertz CT molecular complexity index is 427. The molecule has 0 aliphatic carbocycles. The fourth-order valence-electron chi connectivity index (χ4n) is 3.25. The quantitative estimate of drug-likeness (QED) is 0.441. The van der Waals surface area contributed by atoms with Crippen LogP contribution in [-0.4, -0.2) is 11.9 Å². The molecule has 0 radical (unpaired) electrons. The third kappa shape index (κ3) is 7.05. The molecule has 0 amide bonds. The Morgan fingerprint density at radius 1 is 0.739 bits per heavy atom. The summed E-state index contributed by atoms with van der Waals surface area (Å²) in [7, 11) is 0. The number of carbonyl (C=O) groups excluding carboxylic acids is 2. The van der Waals surface area contributed by atoms with E-state index in [1.165, 1.54) is 0 Å². The second kappa shape index (κ2) is 7.36.